The first kappa shape index (κ1) is 28.2. The number of rotatable bonds is 3. The average molecular weight is 676 g/mol. The second-order valence-corrected chi connectivity index (χ2v) is 15.2. The lowest BCUT2D eigenvalue weighted by Gasteiger charge is -2.27. The summed E-state index contributed by atoms with van der Waals surface area (Å²) in [5.41, 5.74) is 3.44. The van der Waals surface area contributed by atoms with E-state index in [0.717, 1.165) is 17.1 Å². The van der Waals surface area contributed by atoms with Crippen molar-refractivity contribution >= 4 is 124 Å². The molecule has 0 unspecified atom stereocenters. The Kier molecular flexibility index (Phi) is 5.71. The summed E-state index contributed by atoms with van der Waals surface area (Å²) >= 11 is 1.87. The van der Waals surface area contributed by atoms with Gasteiger partial charge in [-0.3, -0.25) is 0 Å². The number of thiophene rings is 1. The van der Waals surface area contributed by atoms with Gasteiger partial charge in [-0.2, -0.15) is 0 Å². The van der Waals surface area contributed by atoms with E-state index in [0.29, 0.717) is 0 Å². The molecule has 0 aliphatic heterocycles. The highest BCUT2D eigenvalue weighted by atomic mass is 32.1. The molecule has 12 aromatic rings. The van der Waals surface area contributed by atoms with Crippen molar-refractivity contribution in [1.29, 1.82) is 0 Å². The van der Waals surface area contributed by atoms with Crippen molar-refractivity contribution in [1.82, 2.24) is 0 Å². The molecule has 0 spiro atoms. The van der Waals surface area contributed by atoms with E-state index in [1.807, 2.05) is 11.3 Å². The van der Waals surface area contributed by atoms with Gasteiger partial charge >= 0.3 is 0 Å². The smallest absolute Gasteiger partial charge is 0.0476 e. The summed E-state index contributed by atoms with van der Waals surface area (Å²) in [6.07, 6.45) is 0. The summed E-state index contributed by atoms with van der Waals surface area (Å²) < 4.78 is 2.61. The molecular formula is C50H29NS. The van der Waals surface area contributed by atoms with Crippen LogP contribution in [0.5, 0.6) is 0 Å². The normalized spacial score (nSPS) is 12.2. The summed E-state index contributed by atoms with van der Waals surface area (Å²) in [5.74, 6) is 0. The fourth-order valence-corrected chi connectivity index (χ4v) is 10.2. The van der Waals surface area contributed by atoms with Gasteiger partial charge < -0.3 is 4.90 Å². The molecule has 0 aliphatic rings. The lowest BCUT2D eigenvalue weighted by Crippen LogP contribution is -2.10. The molecule has 0 radical (unpaired) electrons. The maximum absolute atomic E-state index is 2.47. The van der Waals surface area contributed by atoms with Crippen LogP contribution >= 0.6 is 11.3 Å². The summed E-state index contributed by atoms with van der Waals surface area (Å²) in [4.78, 5) is 2.47. The van der Waals surface area contributed by atoms with Crippen LogP contribution in [0.3, 0.4) is 0 Å². The Labute approximate surface area is 303 Å². The van der Waals surface area contributed by atoms with Crippen LogP contribution in [0.25, 0.3) is 95.6 Å². The number of nitrogens with zero attached hydrogens (tertiary/aromatic N) is 1. The zero-order chi connectivity index (χ0) is 33.9. The fraction of sp³-hybridized carbons (Fsp3) is 0. The number of benzene rings is 10. The quantitative estimate of drug-likeness (QED) is 0.169. The Balaban J connectivity index is 1.25. The Morgan fingerprint density at radius 1 is 0.269 bits per heavy atom. The predicted octanol–water partition coefficient (Wildman–Crippen LogP) is 15.0. The van der Waals surface area contributed by atoms with Crippen molar-refractivity contribution in [3.63, 3.8) is 0 Å². The van der Waals surface area contributed by atoms with Crippen molar-refractivity contribution in [2.45, 2.75) is 0 Å². The molecule has 0 saturated heterocycles. The van der Waals surface area contributed by atoms with E-state index >= 15 is 0 Å². The third-order valence-electron chi connectivity index (χ3n) is 11.3. The highest BCUT2D eigenvalue weighted by Crippen LogP contribution is 2.47. The van der Waals surface area contributed by atoms with E-state index in [1.54, 1.807) is 0 Å². The third kappa shape index (κ3) is 3.93. The second-order valence-electron chi connectivity index (χ2n) is 14.1. The number of hydrogen-bond donors (Lipinski definition) is 0. The molecule has 2 heteroatoms. The number of fused-ring (bicyclic) bond motifs is 6. The Bertz CT molecular complexity index is 3420. The molecule has 0 fully saturated rings. The maximum atomic E-state index is 2.47. The first-order valence-corrected chi connectivity index (χ1v) is 18.7. The highest BCUT2D eigenvalue weighted by Gasteiger charge is 2.20. The van der Waals surface area contributed by atoms with Crippen molar-refractivity contribution < 1.29 is 0 Å². The van der Waals surface area contributed by atoms with Gasteiger partial charge in [-0.05, 0) is 118 Å². The fourth-order valence-electron chi connectivity index (χ4n) is 9.01. The molecule has 0 aliphatic carbocycles. The van der Waals surface area contributed by atoms with Gasteiger partial charge in [0.2, 0.25) is 0 Å². The van der Waals surface area contributed by atoms with Crippen molar-refractivity contribution in [3.05, 3.63) is 176 Å². The van der Waals surface area contributed by atoms with Crippen LogP contribution in [0.1, 0.15) is 0 Å². The predicted molar refractivity (Wildman–Crippen MR) is 228 cm³/mol. The van der Waals surface area contributed by atoms with Crippen molar-refractivity contribution in [2.75, 3.05) is 4.90 Å². The van der Waals surface area contributed by atoms with Crippen LogP contribution in [0, 0.1) is 0 Å². The third-order valence-corrected chi connectivity index (χ3v) is 12.4. The number of anilines is 3. The lowest BCUT2D eigenvalue weighted by atomic mass is 9.87. The molecule has 1 heterocycles. The highest BCUT2D eigenvalue weighted by molar-refractivity contribution is 7.25. The molecule has 52 heavy (non-hydrogen) atoms. The molecule has 12 rings (SSSR count). The van der Waals surface area contributed by atoms with Gasteiger partial charge in [0.1, 0.15) is 0 Å². The summed E-state index contributed by atoms with van der Waals surface area (Å²) in [6.45, 7) is 0. The summed E-state index contributed by atoms with van der Waals surface area (Å²) in [6, 6.07) is 65.9. The zero-order valence-electron chi connectivity index (χ0n) is 28.1. The molecule has 240 valence electrons. The molecule has 1 aromatic heterocycles. The maximum Gasteiger partial charge on any atom is 0.0476 e. The summed E-state index contributed by atoms with van der Waals surface area (Å²) in [5, 5.41) is 20.6. The van der Waals surface area contributed by atoms with Gasteiger partial charge in [0.25, 0.3) is 0 Å². The minimum atomic E-state index is 1.14. The van der Waals surface area contributed by atoms with Gasteiger partial charge in [0.15, 0.2) is 0 Å². The van der Waals surface area contributed by atoms with Crippen molar-refractivity contribution in [3.8, 4) is 0 Å². The van der Waals surface area contributed by atoms with Crippen LogP contribution in [0.4, 0.5) is 17.1 Å². The summed E-state index contributed by atoms with van der Waals surface area (Å²) in [7, 11) is 0. The molecule has 1 nitrogen and oxygen atoms in total. The Morgan fingerprint density at radius 3 is 1.48 bits per heavy atom. The van der Waals surface area contributed by atoms with E-state index in [9.17, 15) is 0 Å². The monoisotopic (exact) mass is 675 g/mol. The molecule has 0 atom stereocenters. The van der Waals surface area contributed by atoms with Crippen LogP contribution in [0.15, 0.2) is 176 Å². The van der Waals surface area contributed by atoms with Crippen LogP contribution in [-0.2, 0) is 0 Å². The first-order valence-electron chi connectivity index (χ1n) is 17.9. The van der Waals surface area contributed by atoms with E-state index in [1.165, 1.54) is 95.6 Å². The van der Waals surface area contributed by atoms with E-state index in [-0.39, 0.29) is 0 Å². The van der Waals surface area contributed by atoms with Crippen LogP contribution < -0.4 is 4.90 Å². The van der Waals surface area contributed by atoms with Gasteiger partial charge in [0, 0.05) is 37.2 Å². The van der Waals surface area contributed by atoms with Gasteiger partial charge in [-0.15, -0.1) is 11.3 Å². The van der Waals surface area contributed by atoms with Gasteiger partial charge in [0.05, 0.1) is 0 Å². The van der Waals surface area contributed by atoms with Gasteiger partial charge in [-0.1, -0.05) is 133 Å². The first-order chi connectivity index (χ1) is 25.8. The van der Waals surface area contributed by atoms with E-state index in [2.05, 4.69) is 181 Å². The molecule has 0 amide bonds. The standard InChI is InChI=1S/C50H29NS/c1-2-9-34-26-36(23-22-30(34)8-1)51(37-24-25-40-39-13-3-4-17-45(39)52-46(40)29-37)38-27-35-21-20-33-11-6-15-42-41-14-5-10-31-18-19-32-12-7-16-43(49(32)47(31)41)44(28-38)50(35)48(33)42/h1-29H. The van der Waals surface area contributed by atoms with E-state index in [4.69, 9.17) is 0 Å². The largest absolute Gasteiger partial charge is 0.310 e. The molecule has 0 saturated carbocycles. The Morgan fingerprint density at radius 2 is 0.750 bits per heavy atom. The van der Waals surface area contributed by atoms with Crippen molar-refractivity contribution in [2.24, 2.45) is 0 Å². The van der Waals surface area contributed by atoms with E-state index < -0.39 is 0 Å². The van der Waals surface area contributed by atoms with Crippen LogP contribution in [-0.4, -0.2) is 0 Å². The molecule has 0 N–H and O–H groups in total. The molecule has 0 bridgehead atoms. The zero-order valence-corrected chi connectivity index (χ0v) is 28.9. The molecular weight excluding hydrogens is 647 g/mol. The van der Waals surface area contributed by atoms with Crippen LogP contribution in [0.2, 0.25) is 0 Å². The lowest BCUT2D eigenvalue weighted by molar-refractivity contribution is 1.31. The topological polar surface area (TPSA) is 3.24 Å². The second kappa shape index (κ2) is 10.5. The minimum absolute atomic E-state index is 1.14. The minimum Gasteiger partial charge on any atom is -0.310 e. The Hall–Kier alpha value is -6.48. The molecule has 11 aromatic carbocycles. The average Bonchev–Trinajstić information content (AvgIpc) is 3.57. The SMILES string of the molecule is c1ccc2cc(N(c3ccc4c(c3)sc3ccccc34)c3cc4ccc5cccc6c7cccc8ccc9cccc(c(c3)c4c56)c9c87)ccc2c1. The van der Waals surface area contributed by atoms with Gasteiger partial charge in [-0.25, -0.2) is 0 Å². The number of hydrogen-bond acceptors (Lipinski definition) is 2.